The Morgan fingerprint density at radius 3 is 2.65 bits per heavy atom. The molecule has 3 aliphatic rings. The van der Waals surface area contributed by atoms with Crippen molar-refractivity contribution in [2.24, 2.45) is 0 Å². The lowest BCUT2D eigenvalue weighted by atomic mass is 9.84. The molecule has 0 radical (unpaired) electrons. The van der Waals surface area contributed by atoms with E-state index in [2.05, 4.69) is 29.6 Å². The Morgan fingerprint density at radius 1 is 1.19 bits per heavy atom. The summed E-state index contributed by atoms with van der Waals surface area (Å²) in [5, 5.41) is 0. The van der Waals surface area contributed by atoms with Crippen molar-refractivity contribution in [3.05, 3.63) is 6.20 Å². The molecule has 1 aromatic heterocycles. The van der Waals surface area contributed by atoms with E-state index >= 15 is 0 Å². The van der Waals surface area contributed by atoms with Crippen LogP contribution in [0.3, 0.4) is 0 Å². The van der Waals surface area contributed by atoms with Crippen molar-refractivity contribution >= 4 is 37.5 Å². The molecule has 4 rings (SSSR count). The Bertz CT molecular complexity index is 892. The highest BCUT2D eigenvalue weighted by molar-refractivity contribution is 6.76. The number of fused-ring (bicyclic) bond motifs is 1. The van der Waals surface area contributed by atoms with Crippen LogP contribution in [0, 0.1) is 0 Å². The summed E-state index contributed by atoms with van der Waals surface area (Å²) in [6.45, 7) is 7.54. The molecule has 31 heavy (non-hydrogen) atoms. The van der Waals surface area contributed by atoms with Gasteiger partial charge >= 0.3 is 6.09 Å². The zero-order valence-corrected chi connectivity index (χ0v) is 19.2. The van der Waals surface area contributed by atoms with Crippen molar-refractivity contribution in [2.45, 2.75) is 57.0 Å². The Kier molecular flexibility index (Phi) is 5.73. The van der Waals surface area contributed by atoms with Crippen LogP contribution in [0.5, 0.6) is 5.88 Å². The second-order valence-corrected chi connectivity index (χ2v) is 15.1. The van der Waals surface area contributed by atoms with Crippen LogP contribution in [0.2, 0.25) is 25.7 Å². The summed E-state index contributed by atoms with van der Waals surface area (Å²) < 4.78 is 16.8. The fourth-order valence-corrected chi connectivity index (χ4v) is 4.56. The normalized spacial score (nSPS) is 20.7. The average Bonchev–Trinajstić information content (AvgIpc) is 3.04. The Labute approximate surface area is 181 Å². The van der Waals surface area contributed by atoms with Gasteiger partial charge in [0.1, 0.15) is 18.1 Å². The number of aromatic nitrogens is 2. The van der Waals surface area contributed by atoms with Crippen molar-refractivity contribution in [1.29, 1.82) is 0 Å². The van der Waals surface area contributed by atoms with Crippen molar-refractivity contribution in [3.63, 3.8) is 0 Å². The lowest BCUT2D eigenvalue weighted by molar-refractivity contribution is -0.124. The molecule has 1 saturated carbocycles. The molecule has 1 aliphatic carbocycles. The van der Waals surface area contributed by atoms with Crippen molar-refractivity contribution in [2.75, 3.05) is 36.3 Å². The molecule has 2 aliphatic heterocycles. The molecule has 0 unspecified atom stereocenters. The maximum atomic E-state index is 12.6. The summed E-state index contributed by atoms with van der Waals surface area (Å²) in [6, 6.07) is 0.980. The van der Waals surface area contributed by atoms with E-state index < -0.39 is 19.8 Å². The number of carbonyl (C=O) groups is 3. The molecule has 1 aromatic rings. The molecule has 11 heteroatoms. The Balaban J connectivity index is 1.50. The van der Waals surface area contributed by atoms with Crippen molar-refractivity contribution in [1.82, 2.24) is 9.97 Å². The van der Waals surface area contributed by atoms with Gasteiger partial charge in [-0.15, -0.1) is 0 Å². The fraction of sp³-hybridized carbons (Fsp3) is 0.650. The Hall–Kier alpha value is -2.53. The lowest BCUT2D eigenvalue weighted by Crippen LogP contribution is -2.42. The zero-order chi connectivity index (χ0) is 22.2. The summed E-state index contributed by atoms with van der Waals surface area (Å²) in [4.78, 5) is 48.2. The van der Waals surface area contributed by atoms with Crippen LogP contribution in [-0.4, -0.2) is 67.9 Å². The largest absolute Gasteiger partial charge is 0.465 e. The maximum Gasteiger partial charge on any atom is 0.416 e. The van der Waals surface area contributed by atoms with Crippen LogP contribution < -0.4 is 14.5 Å². The number of hydrogen-bond acceptors (Lipinski definition) is 8. The maximum absolute atomic E-state index is 12.6. The minimum atomic E-state index is -1.25. The highest BCUT2D eigenvalue weighted by Crippen LogP contribution is 2.38. The second kappa shape index (κ2) is 8.19. The summed E-state index contributed by atoms with van der Waals surface area (Å²) >= 11 is 0. The number of ether oxygens (including phenoxy) is 3. The predicted molar refractivity (Wildman–Crippen MR) is 114 cm³/mol. The van der Waals surface area contributed by atoms with Gasteiger partial charge in [0.2, 0.25) is 5.82 Å². The Morgan fingerprint density at radius 2 is 1.94 bits per heavy atom. The minimum absolute atomic E-state index is 0.0499. The third kappa shape index (κ3) is 4.71. The predicted octanol–water partition coefficient (Wildman–Crippen LogP) is 2.35. The molecule has 1 spiro atoms. The number of amides is 2. The van der Waals surface area contributed by atoms with Crippen LogP contribution in [-0.2, 0) is 19.1 Å². The first kappa shape index (κ1) is 21.7. The van der Waals surface area contributed by atoms with E-state index in [1.807, 2.05) is 0 Å². The molecule has 0 atom stereocenters. The first-order chi connectivity index (χ1) is 14.7. The summed E-state index contributed by atoms with van der Waals surface area (Å²) in [6.07, 6.45) is 2.73. The van der Waals surface area contributed by atoms with Gasteiger partial charge in [0.25, 0.3) is 11.8 Å². The number of rotatable bonds is 6. The monoisotopic (exact) mass is 448 g/mol. The lowest BCUT2D eigenvalue weighted by Gasteiger charge is -2.30. The van der Waals surface area contributed by atoms with Gasteiger partial charge in [-0.3, -0.25) is 19.4 Å². The van der Waals surface area contributed by atoms with Gasteiger partial charge in [0.05, 0.1) is 12.7 Å². The van der Waals surface area contributed by atoms with Crippen molar-refractivity contribution < 1.29 is 28.6 Å². The highest BCUT2D eigenvalue weighted by atomic mass is 28.3. The van der Waals surface area contributed by atoms with E-state index in [1.54, 1.807) is 0 Å². The number of carbonyl (C=O) groups excluding carboxylic acids is 3. The molecule has 1 saturated heterocycles. The standard InChI is InChI=1S/C20H28N4O6Si/c1-31(2,3)9-8-28-13-24-16(26)11-29-18-17(24)22-15(10-21-18)23-12-20(30-19(23)27)6-4-14(25)5-7-20/h10H,4-9,11-13H2,1-3H3. The van der Waals surface area contributed by atoms with Gasteiger partial charge in [-0.05, 0) is 18.9 Å². The highest BCUT2D eigenvalue weighted by Gasteiger charge is 2.48. The molecular weight excluding hydrogens is 420 g/mol. The van der Waals surface area contributed by atoms with E-state index in [0.717, 1.165) is 6.04 Å². The van der Waals surface area contributed by atoms with Crippen LogP contribution in [0.25, 0.3) is 0 Å². The summed E-state index contributed by atoms with van der Waals surface area (Å²) in [5.41, 5.74) is -0.672. The SMILES string of the molecule is C[Si](C)(C)CCOCN1C(=O)COc2ncc(N3CC4(CCC(=O)CC4)OC3=O)nc21. The van der Waals surface area contributed by atoms with E-state index in [4.69, 9.17) is 14.2 Å². The summed E-state index contributed by atoms with van der Waals surface area (Å²) in [5.74, 6) is 0.646. The van der Waals surface area contributed by atoms with Gasteiger partial charge < -0.3 is 14.2 Å². The number of ketones is 1. The first-order valence-corrected chi connectivity index (χ1v) is 14.3. The van der Waals surface area contributed by atoms with Gasteiger partial charge in [0, 0.05) is 27.5 Å². The zero-order valence-electron chi connectivity index (χ0n) is 18.2. The number of hydrogen-bond donors (Lipinski definition) is 0. The second-order valence-electron chi connectivity index (χ2n) is 9.49. The average molecular weight is 449 g/mol. The van der Waals surface area contributed by atoms with Gasteiger partial charge in [0.15, 0.2) is 12.4 Å². The van der Waals surface area contributed by atoms with Crippen LogP contribution in [0.4, 0.5) is 16.4 Å². The molecule has 3 heterocycles. The quantitative estimate of drug-likeness (QED) is 0.482. The number of nitrogens with zero attached hydrogens (tertiary/aromatic N) is 4. The number of Topliss-reactive ketones (excluding diaryl/α,β-unsaturated/α-hetero) is 1. The van der Waals surface area contributed by atoms with Gasteiger partial charge in [-0.25, -0.2) is 14.8 Å². The molecule has 2 fully saturated rings. The van der Waals surface area contributed by atoms with E-state index in [9.17, 15) is 14.4 Å². The molecule has 10 nitrogen and oxygen atoms in total. The topological polar surface area (TPSA) is 111 Å². The number of anilines is 2. The molecule has 168 valence electrons. The molecule has 2 amide bonds. The van der Waals surface area contributed by atoms with Gasteiger partial charge in [-0.1, -0.05) is 19.6 Å². The van der Waals surface area contributed by atoms with Gasteiger partial charge in [-0.2, -0.15) is 0 Å². The van der Waals surface area contributed by atoms with Crippen LogP contribution in [0.1, 0.15) is 25.7 Å². The van der Waals surface area contributed by atoms with Crippen LogP contribution in [0.15, 0.2) is 6.20 Å². The molecule has 0 bridgehead atoms. The van der Waals surface area contributed by atoms with E-state index in [-0.39, 0.29) is 42.5 Å². The fourth-order valence-electron chi connectivity index (χ4n) is 3.80. The minimum Gasteiger partial charge on any atom is -0.465 e. The van der Waals surface area contributed by atoms with E-state index in [1.165, 1.54) is 16.0 Å². The third-order valence-corrected chi connectivity index (χ3v) is 7.48. The summed E-state index contributed by atoms with van der Waals surface area (Å²) in [7, 11) is -1.25. The molecular formula is C20H28N4O6Si. The smallest absolute Gasteiger partial charge is 0.416 e. The van der Waals surface area contributed by atoms with Crippen molar-refractivity contribution in [3.8, 4) is 5.88 Å². The third-order valence-electron chi connectivity index (χ3n) is 5.78. The van der Waals surface area contributed by atoms with Crippen LogP contribution >= 0.6 is 0 Å². The van der Waals surface area contributed by atoms with E-state index in [0.29, 0.717) is 38.8 Å². The first-order valence-electron chi connectivity index (χ1n) is 10.6. The molecule has 0 N–H and O–H groups in total. The molecule has 0 aromatic carbocycles.